The highest BCUT2D eigenvalue weighted by Gasteiger charge is 2.11. The number of benzene rings is 1. The molecule has 0 heterocycles. The van der Waals surface area contributed by atoms with Crippen molar-refractivity contribution >= 4 is 27.3 Å². The van der Waals surface area contributed by atoms with Crippen LogP contribution in [0.4, 0.5) is 11.4 Å². The van der Waals surface area contributed by atoms with Crippen molar-refractivity contribution in [2.24, 2.45) is 0 Å². The first-order valence-corrected chi connectivity index (χ1v) is 6.07. The van der Waals surface area contributed by atoms with Gasteiger partial charge in [0.2, 0.25) is 0 Å². The molecule has 1 aromatic carbocycles. The molecule has 1 rings (SSSR count). The standard InChI is InChI=1S/C11H15BrN2O3/c1-3-8(7-17-2)13-11-5-4-9(14(15)16)6-10(11)12/h4-6,8,13H,3,7H2,1-2H3. The number of halogens is 1. The highest BCUT2D eigenvalue weighted by Crippen LogP contribution is 2.27. The molecule has 0 aliphatic carbocycles. The van der Waals surface area contributed by atoms with E-state index < -0.39 is 4.92 Å². The van der Waals surface area contributed by atoms with Crippen LogP contribution in [0, 0.1) is 10.1 Å². The molecule has 0 saturated carbocycles. The average molecular weight is 303 g/mol. The summed E-state index contributed by atoms with van der Waals surface area (Å²) < 4.78 is 5.76. The number of anilines is 1. The van der Waals surface area contributed by atoms with Crippen LogP contribution < -0.4 is 5.32 Å². The topological polar surface area (TPSA) is 64.4 Å². The molecule has 17 heavy (non-hydrogen) atoms. The minimum atomic E-state index is -0.416. The third-order valence-corrected chi connectivity index (χ3v) is 3.04. The van der Waals surface area contributed by atoms with E-state index in [0.29, 0.717) is 11.1 Å². The molecule has 1 atom stereocenters. The van der Waals surface area contributed by atoms with Crippen LogP contribution in [0.15, 0.2) is 22.7 Å². The Morgan fingerprint density at radius 1 is 1.59 bits per heavy atom. The molecule has 0 amide bonds. The second-order valence-corrected chi connectivity index (χ2v) is 4.48. The summed E-state index contributed by atoms with van der Waals surface area (Å²) in [6, 6.07) is 4.85. The number of hydrogen-bond donors (Lipinski definition) is 1. The van der Waals surface area contributed by atoms with Crippen molar-refractivity contribution in [3.8, 4) is 0 Å². The number of rotatable bonds is 6. The predicted octanol–water partition coefficient (Wildman–Crippen LogP) is 3.19. The van der Waals surface area contributed by atoms with Gasteiger partial charge in [-0.3, -0.25) is 10.1 Å². The van der Waals surface area contributed by atoms with E-state index in [-0.39, 0.29) is 11.7 Å². The van der Waals surface area contributed by atoms with Crippen LogP contribution in [-0.2, 0) is 4.74 Å². The lowest BCUT2D eigenvalue weighted by Gasteiger charge is -2.18. The molecule has 94 valence electrons. The van der Waals surface area contributed by atoms with Gasteiger partial charge in [-0.1, -0.05) is 6.92 Å². The first kappa shape index (κ1) is 13.9. The lowest BCUT2D eigenvalue weighted by Crippen LogP contribution is -2.24. The molecule has 0 fully saturated rings. The van der Waals surface area contributed by atoms with Crippen LogP contribution in [0.5, 0.6) is 0 Å². The maximum absolute atomic E-state index is 10.6. The van der Waals surface area contributed by atoms with E-state index >= 15 is 0 Å². The van der Waals surface area contributed by atoms with Gasteiger partial charge in [-0.2, -0.15) is 0 Å². The number of ether oxygens (including phenoxy) is 1. The second-order valence-electron chi connectivity index (χ2n) is 3.63. The van der Waals surface area contributed by atoms with Gasteiger partial charge in [0.15, 0.2) is 0 Å². The molecule has 0 saturated heterocycles. The summed E-state index contributed by atoms with van der Waals surface area (Å²) in [5, 5.41) is 13.9. The van der Waals surface area contributed by atoms with Gasteiger partial charge in [0, 0.05) is 35.4 Å². The van der Waals surface area contributed by atoms with Crippen molar-refractivity contribution in [2.45, 2.75) is 19.4 Å². The average Bonchev–Trinajstić information content (AvgIpc) is 2.30. The van der Waals surface area contributed by atoms with Gasteiger partial charge < -0.3 is 10.1 Å². The molecule has 0 aromatic heterocycles. The van der Waals surface area contributed by atoms with Crippen molar-refractivity contribution in [1.29, 1.82) is 0 Å². The molecule has 1 aromatic rings. The van der Waals surface area contributed by atoms with E-state index in [9.17, 15) is 10.1 Å². The van der Waals surface area contributed by atoms with Crippen LogP contribution >= 0.6 is 15.9 Å². The number of non-ortho nitro benzene ring substituents is 1. The van der Waals surface area contributed by atoms with Gasteiger partial charge in [-0.25, -0.2) is 0 Å². The maximum atomic E-state index is 10.6. The smallest absolute Gasteiger partial charge is 0.270 e. The quantitative estimate of drug-likeness (QED) is 0.647. The number of nitrogens with zero attached hydrogens (tertiary/aromatic N) is 1. The molecule has 0 aliphatic heterocycles. The van der Waals surface area contributed by atoms with Gasteiger partial charge in [0.1, 0.15) is 0 Å². The lowest BCUT2D eigenvalue weighted by atomic mass is 10.2. The van der Waals surface area contributed by atoms with Crippen LogP contribution in [-0.4, -0.2) is 24.7 Å². The summed E-state index contributed by atoms with van der Waals surface area (Å²) in [4.78, 5) is 10.2. The second kappa shape index (κ2) is 6.56. The number of hydrogen-bond acceptors (Lipinski definition) is 4. The number of nitro groups is 1. The van der Waals surface area contributed by atoms with E-state index in [1.165, 1.54) is 12.1 Å². The molecule has 1 unspecified atom stereocenters. The Bertz CT molecular complexity index is 398. The minimum Gasteiger partial charge on any atom is -0.383 e. The van der Waals surface area contributed by atoms with Crippen molar-refractivity contribution < 1.29 is 9.66 Å². The fourth-order valence-electron chi connectivity index (χ4n) is 1.42. The molecule has 0 aliphatic rings. The molecular formula is C11H15BrN2O3. The summed E-state index contributed by atoms with van der Waals surface area (Å²) in [5.41, 5.74) is 0.904. The Hall–Kier alpha value is -1.14. The van der Waals surface area contributed by atoms with E-state index in [4.69, 9.17) is 4.74 Å². The molecule has 0 radical (unpaired) electrons. The maximum Gasteiger partial charge on any atom is 0.270 e. The van der Waals surface area contributed by atoms with Crippen molar-refractivity contribution in [3.05, 3.63) is 32.8 Å². The zero-order valence-electron chi connectivity index (χ0n) is 9.77. The summed E-state index contributed by atoms with van der Waals surface area (Å²) in [6.45, 7) is 2.65. The van der Waals surface area contributed by atoms with Crippen molar-refractivity contribution in [3.63, 3.8) is 0 Å². The van der Waals surface area contributed by atoms with Gasteiger partial charge in [-0.15, -0.1) is 0 Å². The van der Waals surface area contributed by atoms with Gasteiger partial charge in [-0.05, 0) is 28.4 Å². The SMILES string of the molecule is CCC(COC)Nc1ccc([N+](=O)[O-])cc1Br. The summed E-state index contributed by atoms with van der Waals surface area (Å²) >= 11 is 3.32. The summed E-state index contributed by atoms with van der Waals surface area (Å²) in [6.07, 6.45) is 0.914. The van der Waals surface area contributed by atoms with Crippen LogP contribution in [0.2, 0.25) is 0 Å². The van der Waals surface area contributed by atoms with Gasteiger partial charge in [0.25, 0.3) is 5.69 Å². The summed E-state index contributed by atoms with van der Waals surface area (Å²) in [7, 11) is 1.65. The minimum absolute atomic E-state index is 0.0715. The zero-order chi connectivity index (χ0) is 12.8. The van der Waals surface area contributed by atoms with Crippen molar-refractivity contribution in [1.82, 2.24) is 0 Å². The Kier molecular flexibility index (Phi) is 5.37. The highest BCUT2D eigenvalue weighted by molar-refractivity contribution is 9.10. The molecular weight excluding hydrogens is 288 g/mol. The van der Waals surface area contributed by atoms with Gasteiger partial charge in [0.05, 0.1) is 11.5 Å². The van der Waals surface area contributed by atoms with E-state index in [1.54, 1.807) is 13.2 Å². The molecule has 0 bridgehead atoms. The Morgan fingerprint density at radius 2 is 2.29 bits per heavy atom. The first-order valence-electron chi connectivity index (χ1n) is 5.27. The number of nitrogens with one attached hydrogen (secondary N) is 1. The predicted molar refractivity (Wildman–Crippen MR) is 70.4 cm³/mol. The molecule has 5 nitrogen and oxygen atoms in total. The van der Waals surface area contributed by atoms with E-state index in [1.807, 2.05) is 0 Å². The fraction of sp³-hybridized carbons (Fsp3) is 0.455. The first-order chi connectivity index (χ1) is 8.08. The summed E-state index contributed by atoms with van der Waals surface area (Å²) in [5.74, 6) is 0. The highest BCUT2D eigenvalue weighted by atomic mass is 79.9. The zero-order valence-corrected chi connectivity index (χ0v) is 11.4. The Morgan fingerprint density at radius 3 is 2.76 bits per heavy atom. The van der Waals surface area contributed by atoms with Crippen molar-refractivity contribution in [2.75, 3.05) is 19.0 Å². The molecule has 0 spiro atoms. The lowest BCUT2D eigenvalue weighted by molar-refractivity contribution is -0.384. The molecule has 1 N–H and O–H groups in total. The van der Waals surface area contributed by atoms with Crippen LogP contribution in [0.3, 0.4) is 0 Å². The Balaban J connectivity index is 2.81. The van der Waals surface area contributed by atoms with E-state index in [0.717, 1.165) is 12.1 Å². The third-order valence-electron chi connectivity index (χ3n) is 2.38. The fourth-order valence-corrected chi connectivity index (χ4v) is 1.90. The van der Waals surface area contributed by atoms with Crippen LogP contribution in [0.1, 0.15) is 13.3 Å². The van der Waals surface area contributed by atoms with E-state index in [2.05, 4.69) is 28.2 Å². The number of methoxy groups -OCH3 is 1. The monoisotopic (exact) mass is 302 g/mol. The number of nitro benzene ring substituents is 1. The normalized spacial score (nSPS) is 12.2. The molecule has 6 heteroatoms. The largest absolute Gasteiger partial charge is 0.383 e. The van der Waals surface area contributed by atoms with Gasteiger partial charge >= 0.3 is 0 Å². The third kappa shape index (κ3) is 3.98. The Labute approximate surface area is 108 Å². The van der Waals surface area contributed by atoms with Crippen LogP contribution in [0.25, 0.3) is 0 Å².